The number of nitrogens with one attached hydrogen (secondary N) is 2. The number of para-hydroxylation sites is 1. The maximum absolute atomic E-state index is 12.2. The number of hydrogen-bond acceptors (Lipinski definition) is 4. The van der Waals surface area contributed by atoms with Crippen LogP contribution in [0.4, 0.5) is 11.4 Å². The molecule has 0 fully saturated rings. The van der Waals surface area contributed by atoms with Gasteiger partial charge in [-0.2, -0.15) is 0 Å². The van der Waals surface area contributed by atoms with Gasteiger partial charge in [0.2, 0.25) is 5.91 Å². The minimum absolute atomic E-state index is 0.0476. The molecule has 3 aromatic carbocycles. The zero-order valence-corrected chi connectivity index (χ0v) is 17.4. The van der Waals surface area contributed by atoms with Crippen LogP contribution in [0, 0.1) is 0 Å². The lowest BCUT2D eigenvalue weighted by molar-refractivity contribution is -0.118. The highest BCUT2D eigenvalue weighted by molar-refractivity contribution is 6.30. The van der Waals surface area contributed by atoms with E-state index in [1.807, 2.05) is 18.2 Å². The Hall–Kier alpha value is -3.64. The lowest BCUT2D eigenvalue weighted by Crippen LogP contribution is -2.20. The molecule has 6 nitrogen and oxygen atoms in total. The molecule has 0 heterocycles. The van der Waals surface area contributed by atoms with E-state index in [1.165, 1.54) is 0 Å². The molecule has 3 aromatic rings. The summed E-state index contributed by atoms with van der Waals surface area (Å²) in [6.45, 7) is -0.165. The van der Waals surface area contributed by atoms with Crippen molar-refractivity contribution in [2.24, 2.45) is 0 Å². The first kappa shape index (κ1) is 22.1. The number of halogens is 1. The van der Waals surface area contributed by atoms with Gasteiger partial charge >= 0.3 is 0 Å². The minimum atomic E-state index is -0.290. The average Bonchev–Trinajstić information content (AvgIpc) is 2.77. The lowest BCUT2D eigenvalue weighted by atomic mass is 10.1. The molecule has 31 heavy (non-hydrogen) atoms. The summed E-state index contributed by atoms with van der Waals surface area (Å²) >= 11 is 5.82. The van der Waals surface area contributed by atoms with Gasteiger partial charge in [-0.05, 0) is 48.5 Å². The van der Waals surface area contributed by atoms with Crippen LogP contribution in [0.1, 0.15) is 23.2 Å². The second-order valence-corrected chi connectivity index (χ2v) is 7.15. The Morgan fingerprint density at radius 2 is 1.42 bits per heavy atom. The molecule has 0 unspecified atom stereocenters. The third-order valence-electron chi connectivity index (χ3n) is 4.29. The molecule has 7 heteroatoms. The van der Waals surface area contributed by atoms with E-state index in [9.17, 15) is 14.4 Å². The molecule has 0 aromatic heterocycles. The normalized spacial score (nSPS) is 10.2. The number of ketones is 1. The van der Waals surface area contributed by atoms with Crippen LogP contribution in [0.15, 0.2) is 78.9 Å². The largest absolute Gasteiger partial charge is 0.484 e. The Morgan fingerprint density at radius 1 is 0.742 bits per heavy atom. The van der Waals surface area contributed by atoms with Gasteiger partial charge < -0.3 is 15.4 Å². The zero-order chi connectivity index (χ0) is 22.1. The Balaban J connectivity index is 1.46. The van der Waals surface area contributed by atoms with Crippen LogP contribution in [-0.4, -0.2) is 24.2 Å². The molecular weight excluding hydrogens is 416 g/mol. The Bertz CT molecular complexity index is 1050. The summed E-state index contributed by atoms with van der Waals surface area (Å²) in [6.07, 6.45) is 0.134. The van der Waals surface area contributed by atoms with Gasteiger partial charge in [0.25, 0.3) is 5.91 Å². The lowest BCUT2D eigenvalue weighted by Gasteiger charge is -2.10. The maximum Gasteiger partial charge on any atom is 0.262 e. The molecule has 0 aliphatic carbocycles. The Morgan fingerprint density at radius 3 is 2.16 bits per heavy atom. The summed E-state index contributed by atoms with van der Waals surface area (Å²) in [6, 6.07) is 22.4. The summed E-state index contributed by atoms with van der Waals surface area (Å²) in [5, 5.41) is 6.01. The molecular formula is C24H21ClN2O4. The molecule has 158 valence electrons. The fraction of sp³-hybridized carbons (Fsp3) is 0.125. The Labute approximate surface area is 185 Å². The van der Waals surface area contributed by atoms with Crippen molar-refractivity contribution >= 4 is 40.6 Å². The topological polar surface area (TPSA) is 84.5 Å². The summed E-state index contributed by atoms with van der Waals surface area (Å²) < 4.78 is 5.50. The predicted octanol–water partition coefficient (Wildman–Crippen LogP) is 4.96. The molecule has 0 saturated carbocycles. The number of carbonyl (C=O) groups is 3. The first-order valence-electron chi connectivity index (χ1n) is 9.66. The first-order valence-corrected chi connectivity index (χ1v) is 10.0. The van der Waals surface area contributed by atoms with E-state index in [0.717, 1.165) is 0 Å². The number of hydrogen-bond donors (Lipinski definition) is 2. The predicted molar refractivity (Wildman–Crippen MR) is 121 cm³/mol. The fourth-order valence-electron chi connectivity index (χ4n) is 2.76. The van der Waals surface area contributed by atoms with Crippen molar-refractivity contribution in [3.63, 3.8) is 0 Å². The SMILES string of the molecule is O=C(CCC(=O)c1ccc(Cl)cc1)Nc1cccc(OCC(=O)Nc2ccccc2)c1. The van der Waals surface area contributed by atoms with Gasteiger partial charge in [0.15, 0.2) is 12.4 Å². The molecule has 0 spiro atoms. The number of rotatable bonds is 9. The van der Waals surface area contributed by atoms with Gasteiger partial charge in [-0.25, -0.2) is 0 Å². The molecule has 0 saturated heterocycles. The van der Waals surface area contributed by atoms with E-state index >= 15 is 0 Å². The second kappa shape index (κ2) is 10.9. The third kappa shape index (κ3) is 7.28. The number of Topliss-reactive ketones (excluding diaryl/α,β-unsaturated/α-hetero) is 1. The van der Waals surface area contributed by atoms with Crippen LogP contribution in [0.2, 0.25) is 5.02 Å². The molecule has 0 radical (unpaired) electrons. The molecule has 0 aliphatic heterocycles. The smallest absolute Gasteiger partial charge is 0.262 e. The number of amides is 2. The summed E-state index contributed by atoms with van der Waals surface area (Å²) in [5.74, 6) is -0.269. The highest BCUT2D eigenvalue weighted by Crippen LogP contribution is 2.18. The minimum Gasteiger partial charge on any atom is -0.484 e. The van der Waals surface area contributed by atoms with Crippen LogP contribution in [0.25, 0.3) is 0 Å². The number of anilines is 2. The molecule has 2 N–H and O–H groups in total. The first-order chi connectivity index (χ1) is 15.0. The average molecular weight is 437 g/mol. The molecule has 0 atom stereocenters. The number of benzene rings is 3. The van der Waals surface area contributed by atoms with Gasteiger partial charge in [0, 0.05) is 40.9 Å². The highest BCUT2D eigenvalue weighted by Gasteiger charge is 2.10. The van der Waals surface area contributed by atoms with Gasteiger partial charge in [-0.3, -0.25) is 14.4 Å². The summed E-state index contributed by atoms with van der Waals surface area (Å²) in [5.41, 5.74) is 1.72. The van der Waals surface area contributed by atoms with Crippen molar-refractivity contribution in [3.05, 3.63) is 89.4 Å². The molecule has 3 rings (SSSR count). The maximum atomic E-state index is 12.2. The van der Waals surface area contributed by atoms with E-state index in [0.29, 0.717) is 27.7 Å². The van der Waals surface area contributed by atoms with Gasteiger partial charge in [-0.15, -0.1) is 0 Å². The summed E-state index contributed by atoms with van der Waals surface area (Å²) in [7, 11) is 0. The van der Waals surface area contributed by atoms with Crippen molar-refractivity contribution in [3.8, 4) is 5.75 Å². The van der Waals surface area contributed by atoms with Crippen LogP contribution in [-0.2, 0) is 9.59 Å². The zero-order valence-electron chi connectivity index (χ0n) is 16.6. The van der Waals surface area contributed by atoms with Crippen LogP contribution in [0.5, 0.6) is 5.75 Å². The fourth-order valence-corrected chi connectivity index (χ4v) is 2.89. The van der Waals surface area contributed by atoms with Crippen molar-refractivity contribution in [1.29, 1.82) is 0 Å². The van der Waals surface area contributed by atoms with E-state index in [1.54, 1.807) is 60.7 Å². The van der Waals surface area contributed by atoms with E-state index in [-0.39, 0.29) is 37.0 Å². The van der Waals surface area contributed by atoms with Gasteiger partial charge in [0.05, 0.1) is 0 Å². The van der Waals surface area contributed by atoms with E-state index < -0.39 is 0 Å². The van der Waals surface area contributed by atoms with Crippen molar-refractivity contribution in [1.82, 2.24) is 0 Å². The highest BCUT2D eigenvalue weighted by atomic mass is 35.5. The summed E-state index contributed by atoms with van der Waals surface area (Å²) in [4.78, 5) is 36.3. The molecule has 0 bridgehead atoms. The third-order valence-corrected chi connectivity index (χ3v) is 4.54. The van der Waals surface area contributed by atoms with Crippen LogP contribution < -0.4 is 15.4 Å². The quantitative estimate of drug-likeness (QED) is 0.464. The molecule has 0 aliphatic rings. The molecule has 2 amide bonds. The number of ether oxygens (including phenoxy) is 1. The van der Waals surface area contributed by atoms with Crippen molar-refractivity contribution in [2.45, 2.75) is 12.8 Å². The number of carbonyl (C=O) groups excluding carboxylic acids is 3. The van der Waals surface area contributed by atoms with Crippen molar-refractivity contribution < 1.29 is 19.1 Å². The van der Waals surface area contributed by atoms with Gasteiger partial charge in [-0.1, -0.05) is 35.9 Å². The van der Waals surface area contributed by atoms with Gasteiger partial charge in [0.1, 0.15) is 5.75 Å². The van der Waals surface area contributed by atoms with E-state index in [4.69, 9.17) is 16.3 Å². The van der Waals surface area contributed by atoms with Crippen LogP contribution >= 0.6 is 11.6 Å². The standard InChI is InChI=1S/C24H21ClN2O4/c25-18-11-9-17(10-12-18)22(28)13-14-23(29)27-20-7-4-8-21(15-20)31-16-24(30)26-19-5-2-1-3-6-19/h1-12,15H,13-14,16H2,(H,26,30)(H,27,29). The van der Waals surface area contributed by atoms with Crippen molar-refractivity contribution in [2.75, 3.05) is 17.2 Å². The Kier molecular flexibility index (Phi) is 7.79. The van der Waals surface area contributed by atoms with Crippen LogP contribution in [0.3, 0.4) is 0 Å². The van der Waals surface area contributed by atoms with E-state index in [2.05, 4.69) is 10.6 Å². The monoisotopic (exact) mass is 436 g/mol. The second-order valence-electron chi connectivity index (χ2n) is 6.71.